The largest absolute Gasteiger partial charge is 0.352 e. The number of rotatable bonds is 13. The topological polar surface area (TPSA) is 86.8 Å². The molecule has 0 spiro atoms. The highest BCUT2D eigenvalue weighted by Gasteiger charge is 2.35. The maximum atomic E-state index is 14.5. The smallest absolute Gasteiger partial charge is 0.264 e. The van der Waals surface area contributed by atoms with E-state index in [1.54, 1.807) is 18.2 Å². The number of nitrogens with zero attached hydrogens (tertiary/aromatic N) is 2. The third kappa shape index (κ3) is 9.33. The van der Waals surface area contributed by atoms with E-state index < -0.39 is 28.5 Å². The van der Waals surface area contributed by atoms with Gasteiger partial charge in [0.1, 0.15) is 12.6 Å². The van der Waals surface area contributed by atoms with Crippen LogP contribution in [0.1, 0.15) is 31.4 Å². The molecule has 11 heteroatoms. The van der Waals surface area contributed by atoms with Gasteiger partial charge in [-0.25, -0.2) is 8.42 Å². The van der Waals surface area contributed by atoms with Gasteiger partial charge in [0.2, 0.25) is 11.8 Å². The van der Waals surface area contributed by atoms with Crippen molar-refractivity contribution >= 4 is 66.7 Å². The number of amides is 2. The first-order valence-corrected chi connectivity index (χ1v) is 17.4. The average Bonchev–Trinajstić information content (AvgIpc) is 3.02. The second-order valence-electron chi connectivity index (χ2n) is 10.6. The number of halogens is 3. The summed E-state index contributed by atoms with van der Waals surface area (Å²) in [6.07, 6.45) is 0.920. The summed E-state index contributed by atoms with van der Waals surface area (Å²) in [5, 5.41) is 3.45. The molecule has 0 saturated heterocycles. The zero-order valence-electron chi connectivity index (χ0n) is 24.9. The van der Waals surface area contributed by atoms with Crippen LogP contribution in [0.15, 0.2) is 112 Å². The van der Waals surface area contributed by atoms with Crippen LogP contribution in [-0.4, -0.2) is 43.8 Å². The number of carbonyl (C=O) groups is 2. The Morgan fingerprint density at radius 1 is 0.844 bits per heavy atom. The highest BCUT2D eigenvalue weighted by molar-refractivity contribution is 9.10. The van der Waals surface area contributed by atoms with E-state index in [-0.39, 0.29) is 45.5 Å². The normalized spacial score (nSPS) is 12.6. The van der Waals surface area contributed by atoms with Gasteiger partial charge in [-0.2, -0.15) is 0 Å². The van der Waals surface area contributed by atoms with Gasteiger partial charge in [0.05, 0.1) is 10.6 Å². The van der Waals surface area contributed by atoms with Gasteiger partial charge in [0, 0.05) is 33.5 Å². The molecule has 0 fully saturated rings. The first kappa shape index (κ1) is 34.5. The zero-order valence-corrected chi connectivity index (χ0v) is 28.8. The zero-order chi connectivity index (χ0) is 32.6. The van der Waals surface area contributed by atoms with Crippen molar-refractivity contribution in [1.29, 1.82) is 0 Å². The molecule has 1 N–H and O–H groups in total. The average molecular weight is 732 g/mol. The van der Waals surface area contributed by atoms with Crippen molar-refractivity contribution in [3.63, 3.8) is 0 Å². The van der Waals surface area contributed by atoms with E-state index >= 15 is 0 Å². The summed E-state index contributed by atoms with van der Waals surface area (Å²) in [6.45, 7) is 3.32. The van der Waals surface area contributed by atoms with Crippen LogP contribution < -0.4 is 9.62 Å². The summed E-state index contributed by atoms with van der Waals surface area (Å²) in [6, 6.07) is 27.9. The van der Waals surface area contributed by atoms with E-state index in [1.165, 1.54) is 35.2 Å². The van der Waals surface area contributed by atoms with Gasteiger partial charge < -0.3 is 10.2 Å². The molecular weight excluding hydrogens is 697 g/mol. The molecule has 4 rings (SSSR count). The number of anilines is 1. The number of carbonyl (C=O) groups excluding carboxylic acids is 2. The number of hydrogen-bond acceptors (Lipinski definition) is 4. The minimum absolute atomic E-state index is 0.0105. The molecule has 0 aliphatic heterocycles. The van der Waals surface area contributed by atoms with Gasteiger partial charge in [-0.3, -0.25) is 13.9 Å². The fourth-order valence-electron chi connectivity index (χ4n) is 4.71. The molecule has 45 heavy (non-hydrogen) atoms. The van der Waals surface area contributed by atoms with Crippen LogP contribution in [0.3, 0.4) is 0 Å². The molecule has 0 aliphatic rings. The molecule has 0 aromatic heterocycles. The number of sulfonamides is 1. The van der Waals surface area contributed by atoms with Crippen molar-refractivity contribution < 1.29 is 18.0 Å². The fraction of sp³-hybridized carbons (Fsp3) is 0.235. The van der Waals surface area contributed by atoms with Crippen molar-refractivity contribution in [2.24, 2.45) is 0 Å². The van der Waals surface area contributed by atoms with Gasteiger partial charge in [-0.1, -0.05) is 107 Å². The Morgan fingerprint density at radius 3 is 2.00 bits per heavy atom. The van der Waals surface area contributed by atoms with Crippen LogP contribution in [0.4, 0.5) is 5.69 Å². The van der Waals surface area contributed by atoms with Crippen LogP contribution in [-0.2, 0) is 32.6 Å². The Balaban J connectivity index is 1.82. The van der Waals surface area contributed by atoms with Gasteiger partial charge >= 0.3 is 0 Å². The highest BCUT2D eigenvalue weighted by atomic mass is 79.9. The molecule has 0 saturated carbocycles. The Kier molecular flexibility index (Phi) is 12.1. The third-order valence-corrected chi connectivity index (χ3v) is 10.0. The molecule has 0 bridgehead atoms. The molecule has 0 heterocycles. The van der Waals surface area contributed by atoms with Crippen molar-refractivity contribution in [3.05, 3.63) is 129 Å². The molecular formula is C34H34BrCl2N3O4S. The predicted molar refractivity (Wildman–Crippen MR) is 184 cm³/mol. The lowest BCUT2D eigenvalue weighted by molar-refractivity contribution is -0.140. The quantitative estimate of drug-likeness (QED) is 0.154. The predicted octanol–water partition coefficient (Wildman–Crippen LogP) is 7.51. The SMILES string of the molecule is CC[C@@H](C)NC(=O)[C@H](Cc1ccccc1)N(Cc1ccc(Br)cc1)C(=O)CN(c1cc(Cl)cc(Cl)c1)S(=O)(=O)c1ccccc1. The summed E-state index contributed by atoms with van der Waals surface area (Å²) in [7, 11) is -4.26. The van der Waals surface area contributed by atoms with Crippen LogP contribution in [0.5, 0.6) is 0 Å². The van der Waals surface area contributed by atoms with Crippen LogP contribution >= 0.6 is 39.1 Å². The van der Waals surface area contributed by atoms with Crippen molar-refractivity contribution in [2.75, 3.05) is 10.8 Å². The Bertz CT molecular complexity index is 1690. The molecule has 0 aliphatic carbocycles. The van der Waals surface area contributed by atoms with Crippen molar-refractivity contribution in [1.82, 2.24) is 10.2 Å². The third-order valence-electron chi connectivity index (χ3n) is 7.28. The summed E-state index contributed by atoms with van der Waals surface area (Å²) in [5.41, 5.74) is 1.74. The first-order chi connectivity index (χ1) is 21.5. The number of nitrogens with one attached hydrogen (secondary N) is 1. The highest BCUT2D eigenvalue weighted by Crippen LogP contribution is 2.30. The molecule has 2 amide bonds. The van der Waals surface area contributed by atoms with Gasteiger partial charge in [0.25, 0.3) is 10.0 Å². The van der Waals surface area contributed by atoms with E-state index in [0.29, 0.717) is 6.42 Å². The van der Waals surface area contributed by atoms with E-state index in [2.05, 4.69) is 21.2 Å². The van der Waals surface area contributed by atoms with Gasteiger partial charge in [0.15, 0.2) is 0 Å². The summed E-state index contributed by atoms with van der Waals surface area (Å²) < 4.78 is 30.0. The van der Waals surface area contributed by atoms with E-state index in [0.717, 1.165) is 19.9 Å². The van der Waals surface area contributed by atoms with Crippen LogP contribution in [0.2, 0.25) is 10.0 Å². The summed E-state index contributed by atoms with van der Waals surface area (Å²) >= 11 is 16.0. The number of hydrogen-bond donors (Lipinski definition) is 1. The standard InChI is InChI=1S/C34H34BrCl2N3O4S/c1-3-24(2)38-34(42)32(18-25-10-6-4-7-11-25)39(22-26-14-16-27(35)17-15-26)33(41)23-40(30-20-28(36)19-29(37)21-30)45(43,44)31-12-8-5-9-13-31/h4-17,19-21,24,32H,3,18,22-23H2,1-2H3,(H,38,42)/t24-,32+/m1/s1. The Morgan fingerprint density at radius 2 is 1.42 bits per heavy atom. The second kappa shape index (κ2) is 15.8. The summed E-state index contributed by atoms with van der Waals surface area (Å²) in [5.74, 6) is -0.907. The van der Waals surface area contributed by atoms with E-state index in [4.69, 9.17) is 23.2 Å². The van der Waals surface area contributed by atoms with Crippen LogP contribution in [0, 0.1) is 0 Å². The maximum absolute atomic E-state index is 14.5. The molecule has 4 aromatic carbocycles. The molecule has 0 radical (unpaired) electrons. The van der Waals surface area contributed by atoms with Gasteiger partial charge in [-0.05, 0) is 66.9 Å². The molecule has 7 nitrogen and oxygen atoms in total. The fourth-order valence-corrected chi connectivity index (χ4v) is 6.91. The molecule has 236 valence electrons. The van der Waals surface area contributed by atoms with Gasteiger partial charge in [-0.15, -0.1) is 0 Å². The molecule has 0 unspecified atom stereocenters. The molecule has 2 atom stereocenters. The Hall–Kier alpha value is -3.37. The lowest BCUT2D eigenvalue weighted by atomic mass is 10.0. The second-order valence-corrected chi connectivity index (χ2v) is 14.3. The van der Waals surface area contributed by atoms with E-state index in [9.17, 15) is 18.0 Å². The van der Waals surface area contributed by atoms with Crippen molar-refractivity contribution in [2.45, 2.75) is 50.2 Å². The molecule has 4 aromatic rings. The number of benzene rings is 4. The monoisotopic (exact) mass is 729 g/mol. The lowest BCUT2D eigenvalue weighted by Gasteiger charge is -2.34. The maximum Gasteiger partial charge on any atom is 0.264 e. The Labute approximate surface area is 283 Å². The summed E-state index contributed by atoms with van der Waals surface area (Å²) in [4.78, 5) is 29.8. The minimum Gasteiger partial charge on any atom is -0.352 e. The lowest BCUT2D eigenvalue weighted by Crippen LogP contribution is -2.54. The van der Waals surface area contributed by atoms with Crippen LogP contribution in [0.25, 0.3) is 0 Å². The minimum atomic E-state index is -4.26. The first-order valence-electron chi connectivity index (χ1n) is 14.4. The van der Waals surface area contributed by atoms with E-state index in [1.807, 2.05) is 68.4 Å². The van der Waals surface area contributed by atoms with Crippen molar-refractivity contribution in [3.8, 4) is 0 Å².